The Morgan fingerprint density at radius 2 is 1.77 bits per heavy atom. The quantitative estimate of drug-likeness (QED) is 0.194. The topological polar surface area (TPSA) is 79.8 Å². The first-order valence-corrected chi connectivity index (χ1v) is 13.8. The summed E-state index contributed by atoms with van der Waals surface area (Å²) in [6, 6.07) is 26.7. The molecule has 4 aromatic rings. The van der Waals surface area contributed by atoms with E-state index in [-0.39, 0.29) is 18.5 Å². The van der Waals surface area contributed by atoms with Gasteiger partial charge in [-0.25, -0.2) is 9.18 Å². The van der Waals surface area contributed by atoms with Gasteiger partial charge in [-0.05, 0) is 71.3 Å². The molecule has 0 amide bonds. The molecular weight excluding hydrogens is 507 g/mol. The summed E-state index contributed by atoms with van der Waals surface area (Å²) in [6.07, 6.45) is 1.78. The molecule has 1 aliphatic heterocycles. The molecule has 1 heterocycles. The summed E-state index contributed by atoms with van der Waals surface area (Å²) in [5.41, 5.74) is 3.33. The van der Waals surface area contributed by atoms with Crippen LogP contribution >= 0.6 is 0 Å². The second kappa shape index (κ2) is 13.5. The van der Waals surface area contributed by atoms with Crippen LogP contribution in [0.5, 0.6) is 5.75 Å². The highest BCUT2D eigenvalue weighted by atomic mass is 19.1. The Kier molecular flexibility index (Phi) is 9.39. The maximum atomic E-state index is 13.7. The van der Waals surface area contributed by atoms with E-state index in [1.807, 2.05) is 30.3 Å². The summed E-state index contributed by atoms with van der Waals surface area (Å²) in [5.74, 6) is 0.0709. The number of carbonyl (C=O) groups is 1. The molecule has 0 saturated carbocycles. The average molecular weight is 543 g/mol. The lowest BCUT2D eigenvalue weighted by Gasteiger charge is -2.33. The molecular formula is C33H35FN2O4. The predicted octanol–water partition coefficient (Wildman–Crippen LogP) is 5.90. The van der Waals surface area contributed by atoms with E-state index in [2.05, 4.69) is 34.9 Å². The van der Waals surface area contributed by atoms with Gasteiger partial charge in [0.05, 0.1) is 25.4 Å². The van der Waals surface area contributed by atoms with Crippen LogP contribution in [0.2, 0.25) is 0 Å². The zero-order valence-corrected chi connectivity index (χ0v) is 22.4. The van der Waals surface area contributed by atoms with Gasteiger partial charge in [0.25, 0.3) is 0 Å². The Balaban J connectivity index is 1.10. The molecule has 6 nitrogen and oxygen atoms in total. The lowest BCUT2D eigenvalue weighted by Crippen LogP contribution is -2.47. The monoisotopic (exact) mass is 542 g/mol. The Labute approximate surface area is 234 Å². The van der Waals surface area contributed by atoms with Crippen molar-refractivity contribution in [2.75, 3.05) is 26.3 Å². The molecule has 0 radical (unpaired) electrons. The van der Waals surface area contributed by atoms with Gasteiger partial charge < -0.3 is 25.2 Å². The molecule has 4 aromatic carbocycles. The van der Waals surface area contributed by atoms with Crippen molar-refractivity contribution in [3.8, 4) is 5.75 Å². The fourth-order valence-electron chi connectivity index (χ4n) is 5.22. The predicted molar refractivity (Wildman–Crippen MR) is 154 cm³/mol. The number of aromatic carboxylic acids is 1. The molecule has 0 spiro atoms. The first-order chi connectivity index (χ1) is 19.6. The third-order valence-corrected chi connectivity index (χ3v) is 7.43. The number of halogens is 1. The van der Waals surface area contributed by atoms with Gasteiger partial charge >= 0.3 is 5.97 Å². The van der Waals surface area contributed by atoms with Gasteiger partial charge in [-0.3, -0.25) is 0 Å². The van der Waals surface area contributed by atoms with Gasteiger partial charge in [0, 0.05) is 37.0 Å². The van der Waals surface area contributed by atoms with E-state index in [9.17, 15) is 14.3 Å². The van der Waals surface area contributed by atoms with Crippen LogP contribution in [0.25, 0.3) is 10.8 Å². The Bertz CT molecular complexity index is 1430. The third-order valence-electron chi connectivity index (χ3n) is 7.43. The molecule has 40 heavy (non-hydrogen) atoms. The van der Waals surface area contributed by atoms with Crippen LogP contribution in [0.15, 0.2) is 84.9 Å². The van der Waals surface area contributed by atoms with Gasteiger partial charge in [-0.2, -0.15) is 0 Å². The lowest BCUT2D eigenvalue weighted by atomic mass is 9.86. The summed E-state index contributed by atoms with van der Waals surface area (Å²) in [7, 11) is 0. The Morgan fingerprint density at radius 1 is 0.975 bits per heavy atom. The first kappa shape index (κ1) is 27.8. The minimum Gasteiger partial charge on any atom is -0.494 e. The van der Waals surface area contributed by atoms with E-state index in [4.69, 9.17) is 9.47 Å². The van der Waals surface area contributed by atoms with Crippen LogP contribution < -0.4 is 15.4 Å². The molecule has 3 N–H and O–H groups in total. The SMILES string of the molecule is O=C(O)c1ccc2cc(CN[C@@H]3CNCC[C@@H]3c3ccc(OCCCOCc4ccccc4F)cc3)ccc2c1. The summed E-state index contributed by atoms with van der Waals surface area (Å²) in [4.78, 5) is 11.2. The van der Waals surface area contributed by atoms with Crippen molar-refractivity contribution in [1.29, 1.82) is 0 Å². The molecule has 1 aliphatic rings. The molecule has 0 bridgehead atoms. The van der Waals surface area contributed by atoms with Crippen LogP contribution in [-0.2, 0) is 17.9 Å². The highest BCUT2D eigenvalue weighted by Crippen LogP contribution is 2.28. The number of fused-ring (bicyclic) bond motifs is 1. The summed E-state index contributed by atoms with van der Waals surface area (Å²) < 4.78 is 25.1. The molecule has 5 rings (SSSR count). The molecule has 1 saturated heterocycles. The van der Waals surface area contributed by atoms with Crippen molar-refractivity contribution in [3.05, 3.63) is 113 Å². The maximum absolute atomic E-state index is 13.7. The number of piperidine rings is 1. The van der Waals surface area contributed by atoms with E-state index in [0.717, 1.165) is 49.0 Å². The van der Waals surface area contributed by atoms with Gasteiger partial charge in [0.2, 0.25) is 0 Å². The molecule has 0 unspecified atom stereocenters. The maximum Gasteiger partial charge on any atom is 0.335 e. The fraction of sp³-hybridized carbons (Fsp3) is 0.303. The van der Waals surface area contributed by atoms with Crippen LogP contribution in [0.1, 0.15) is 45.8 Å². The number of hydrogen-bond donors (Lipinski definition) is 3. The second-order valence-electron chi connectivity index (χ2n) is 10.2. The molecule has 0 aromatic heterocycles. The largest absolute Gasteiger partial charge is 0.494 e. The highest BCUT2D eigenvalue weighted by Gasteiger charge is 2.26. The van der Waals surface area contributed by atoms with Crippen LogP contribution in [0.4, 0.5) is 4.39 Å². The Morgan fingerprint density at radius 3 is 2.60 bits per heavy atom. The standard InChI is InChI=1S/C33H35FN2O4/c34-31-5-2-1-4-28(31)22-39-16-3-17-40-29-12-10-24(11-13-29)30-14-15-35-21-32(30)36-20-23-6-7-26-19-27(33(37)38)9-8-25(26)18-23/h1-2,4-13,18-19,30,32,35-36H,3,14-17,20-22H2,(H,37,38)/t30-,32-/m1/s1. The van der Waals surface area contributed by atoms with Gasteiger partial charge in [-0.1, -0.05) is 48.5 Å². The number of nitrogens with one attached hydrogen (secondary N) is 2. The van der Waals surface area contributed by atoms with Crippen LogP contribution in [0.3, 0.4) is 0 Å². The van der Waals surface area contributed by atoms with Crippen molar-refractivity contribution in [2.45, 2.75) is 38.0 Å². The van der Waals surface area contributed by atoms with Crippen LogP contribution in [-0.4, -0.2) is 43.4 Å². The minimum absolute atomic E-state index is 0.240. The number of rotatable bonds is 12. The number of carboxylic acid groups (broad SMARTS) is 1. The number of ether oxygens (including phenoxy) is 2. The second-order valence-corrected chi connectivity index (χ2v) is 10.2. The number of carboxylic acids is 1. The van der Waals surface area contributed by atoms with Gasteiger partial charge in [0.15, 0.2) is 0 Å². The minimum atomic E-state index is -0.911. The molecule has 0 aliphatic carbocycles. The highest BCUT2D eigenvalue weighted by molar-refractivity contribution is 5.94. The smallest absolute Gasteiger partial charge is 0.335 e. The van der Waals surface area contributed by atoms with E-state index in [0.29, 0.717) is 30.3 Å². The normalized spacial score (nSPS) is 17.1. The van der Waals surface area contributed by atoms with Crippen molar-refractivity contribution in [3.63, 3.8) is 0 Å². The molecule has 208 valence electrons. The first-order valence-electron chi connectivity index (χ1n) is 13.8. The van der Waals surface area contributed by atoms with E-state index < -0.39 is 5.97 Å². The van der Waals surface area contributed by atoms with Gasteiger partial charge in [0.1, 0.15) is 11.6 Å². The summed E-state index contributed by atoms with van der Waals surface area (Å²) in [5, 5.41) is 18.4. The average Bonchev–Trinajstić information content (AvgIpc) is 2.99. The van der Waals surface area contributed by atoms with Crippen LogP contribution in [0, 0.1) is 5.82 Å². The van der Waals surface area contributed by atoms with Crippen molar-refractivity contribution in [2.24, 2.45) is 0 Å². The molecule has 1 fully saturated rings. The Hall–Kier alpha value is -3.78. The molecule has 7 heteroatoms. The zero-order chi connectivity index (χ0) is 27.7. The number of benzene rings is 4. The third kappa shape index (κ3) is 7.24. The fourth-order valence-corrected chi connectivity index (χ4v) is 5.22. The van der Waals surface area contributed by atoms with Crippen molar-refractivity contribution >= 4 is 16.7 Å². The van der Waals surface area contributed by atoms with Crippen molar-refractivity contribution in [1.82, 2.24) is 10.6 Å². The van der Waals surface area contributed by atoms with E-state index >= 15 is 0 Å². The zero-order valence-electron chi connectivity index (χ0n) is 22.4. The van der Waals surface area contributed by atoms with Crippen molar-refractivity contribution < 1.29 is 23.8 Å². The number of hydrogen-bond acceptors (Lipinski definition) is 5. The lowest BCUT2D eigenvalue weighted by molar-refractivity contribution is 0.0697. The molecule has 2 atom stereocenters. The van der Waals surface area contributed by atoms with E-state index in [1.54, 1.807) is 24.3 Å². The van der Waals surface area contributed by atoms with E-state index in [1.165, 1.54) is 17.2 Å². The summed E-state index contributed by atoms with van der Waals surface area (Å²) in [6.45, 7) is 3.93. The summed E-state index contributed by atoms with van der Waals surface area (Å²) >= 11 is 0. The van der Waals surface area contributed by atoms with Gasteiger partial charge in [-0.15, -0.1) is 0 Å².